The molecule has 7 heteroatoms. The Hall–Kier alpha value is -1.79. The minimum absolute atomic E-state index is 0.107. The van der Waals surface area contributed by atoms with E-state index < -0.39 is 11.9 Å². The number of esters is 1. The number of urea groups is 1. The number of ether oxygens (including phenoxy) is 1. The first-order valence-corrected chi connectivity index (χ1v) is 7.37. The van der Waals surface area contributed by atoms with E-state index >= 15 is 0 Å². The minimum atomic E-state index is -0.836. The van der Waals surface area contributed by atoms with Gasteiger partial charge in [0.25, 0.3) is 0 Å². The fourth-order valence-corrected chi connectivity index (χ4v) is 3.03. The van der Waals surface area contributed by atoms with Gasteiger partial charge in [0.1, 0.15) is 0 Å². The number of likely N-dealkylation sites (tertiary alicyclic amines) is 2. The Balaban J connectivity index is 1.87. The third-order valence-corrected chi connectivity index (χ3v) is 4.34. The molecule has 2 saturated heterocycles. The van der Waals surface area contributed by atoms with Crippen LogP contribution < -0.4 is 0 Å². The summed E-state index contributed by atoms with van der Waals surface area (Å²) in [5, 5.41) is 9.07. The van der Waals surface area contributed by atoms with Crippen LogP contribution in [0.5, 0.6) is 0 Å². The third-order valence-electron chi connectivity index (χ3n) is 4.34. The number of aliphatic carboxylic acids is 1. The predicted octanol–water partition coefficient (Wildman–Crippen LogP) is 0.788. The van der Waals surface area contributed by atoms with Crippen LogP contribution in [0, 0.1) is 11.8 Å². The van der Waals surface area contributed by atoms with Crippen molar-refractivity contribution in [3.8, 4) is 0 Å². The highest BCUT2D eigenvalue weighted by Crippen LogP contribution is 2.22. The van der Waals surface area contributed by atoms with Gasteiger partial charge in [-0.05, 0) is 25.7 Å². The number of nitrogens with zero attached hydrogens (tertiary/aromatic N) is 2. The Morgan fingerprint density at radius 3 is 2.24 bits per heavy atom. The van der Waals surface area contributed by atoms with Crippen LogP contribution in [0.1, 0.15) is 25.7 Å². The van der Waals surface area contributed by atoms with Gasteiger partial charge in [-0.2, -0.15) is 0 Å². The maximum atomic E-state index is 12.4. The van der Waals surface area contributed by atoms with E-state index in [0.717, 1.165) is 6.42 Å². The molecule has 0 aromatic heterocycles. The van der Waals surface area contributed by atoms with Gasteiger partial charge in [0.15, 0.2) is 0 Å². The predicted molar refractivity (Wildman–Crippen MR) is 73.6 cm³/mol. The molecule has 21 heavy (non-hydrogen) atoms. The van der Waals surface area contributed by atoms with Crippen molar-refractivity contribution in [3.63, 3.8) is 0 Å². The second kappa shape index (κ2) is 6.78. The zero-order chi connectivity index (χ0) is 15.4. The molecule has 1 atom stereocenters. The first-order chi connectivity index (χ1) is 10.0. The molecule has 1 N–H and O–H groups in total. The van der Waals surface area contributed by atoms with Crippen LogP contribution >= 0.6 is 0 Å². The minimum Gasteiger partial charge on any atom is -0.481 e. The number of carbonyl (C=O) groups is 3. The number of methoxy groups -OCH3 is 1. The maximum Gasteiger partial charge on any atom is 0.320 e. The molecule has 0 spiro atoms. The van der Waals surface area contributed by atoms with E-state index in [1.807, 2.05) is 0 Å². The summed E-state index contributed by atoms with van der Waals surface area (Å²) >= 11 is 0. The number of carboxylic acid groups (broad SMARTS) is 1. The molecule has 0 saturated carbocycles. The van der Waals surface area contributed by atoms with Gasteiger partial charge >= 0.3 is 18.0 Å². The highest BCUT2D eigenvalue weighted by Gasteiger charge is 2.33. The number of rotatable bonds is 2. The fourth-order valence-electron chi connectivity index (χ4n) is 3.03. The Labute approximate surface area is 123 Å². The summed E-state index contributed by atoms with van der Waals surface area (Å²) in [6.07, 6.45) is 2.56. The Kier molecular flexibility index (Phi) is 5.03. The number of hydrogen-bond donors (Lipinski definition) is 1. The lowest BCUT2D eigenvalue weighted by Gasteiger charge is -2.37. The zero-order valence-corrected chi connectivity index (χ0v) is 12.3. The molecule has 1 unspecified atom stereocenters. The highest BCUT2D eigenvalue weighted by atomic mass is 16.5. The van der Waals surface area contributed by atoms with Crippen LogP contribution in [0.2, 0.25) is 0 Å². The van der Waals surface area contributed by atoms with Crippen LogP contribution in [0.15, 0.2) is 0 Å². The molecule has 2 heterocycles. The van der Waals surface area contributed by atoms with Crippen molar-refractivity contribution < 1.29 is 24.2 Å². The number of carbonyl (C=O) groups excluding carboxylic acids is 2. The molecular weight excluding hydrogens is 276 g/mol. The molecule has 2 amide bonds. The van der Waals surface area contributed by atoms with Gasteiger partial charge in [0.2, 0.25) is 0 Å². The monoisotopic (exact) mass is 298 g/mol. The first-order valence-electron chi connectivity index (χ1n) is 7.37. The van der Waals surface area contributed by atoms with Crippen LogP contribution in [0.4, 0.5) is 4.79 Å². The number of hydrogen-bond acceptors (Lipinski definition) is 4. The lowest BCUT2D eigenvalue weighted by Crippen LogP contribution is -2.51. The topological polar surface area (TPSA) is 87.2 Å². The van der Waals surface area contributed by atoms with Crippen LogP contribution in [0.25, 0.3) is 0 Å². The summed E-state index contributed by atoms with van der Waals surface area (Å²) in [4.78, 5) is 38.3. The Morgan fingerprint density at radius 2 is 1.67 bits per heavy atom. The standard InChI is InChI=1S/C14H22N2O5/c1-21-13(19)10-4-7-15(8-5-10)14(20)16-6-2-3-11(9-16)12(17)18/h10-11H,2-9H2,1H3,(H,17,18). The molecule has 2 fully saturated rings. The van der Waals surface area contributed by atoms with E-state index in [1.165, 1.54) is 7.11 Å². The zero-order valence-electron chi connectivity index (χ0n) is 12.3. The normalized spacial score (nSPS) is 23.8. The highest BCUT2D eigenvalue weighted by molar-refractivity contribution is 5.77. The summed E-state index contributed by atoms with van der Waals surface area (Å²) < 4.78 is 4.72. The summed E-state index contributed by atoms with van der Waals surface area (Å²) in [6, 6.07) is -0.107. The largest absolute Gasteiger partial charge is 0.481 e. The van der Waals surface area contributed by atoms with E-state index in [-0.39, 0.29) is 24.5 Å². The Bertz CT molecular complexity index is 418. The number of piperidine rings is 2. The van der Waals surface area contributed by atoms with Crippen molar-refractivity contribution in [1.82, 2.24) is 9.80 Å². The average molecular weight is 298 g/mol. The Morgan fingerprint density at radius 1 is 1.00 bits per heavy atom. The summed E-state index contributed by atoms with van der Waals surface area (Å²) in [7, 11) is 1.37. The lowest BCUT2D eigenvalue weighted by atomic mass is 9.96. The van der Waals surface area contributed by atoms with Gasteiger partial charge in [-0.3, -0.25) is 9.59 Å². The smallest absolute Gasteiger partial charge is 0.320 e. The van der Waals surface area contributed by atoms with Crippen LogP contribution in [0.3, 0.4) is 0 Å². The molecule has 2 aliphatic heterocycles. The summed E-state index contributed by atoms with van der Waals surface area (Å²) in [5.74, 6) is -1.65. The molecular formula is C14H22N2O5. The van der Waals surface area contributed by atoms with E-state index in [1.54, 1.807) is 9.80 Å². The van der Waals surface area contributed by atoms with E-state index in [9.17, 15) is 14.4 Å². The van der Waals surface area contributed by atoms with Gasteiger partial charge < -0.3 is 19.6 Å². The summed E-state index contributed by atoms with van der Waals surface area (Å²) in [6.45, 7) is 1.93. The second-order valence-electron chi connectivity index (χ2n) is 5.69. The molecule has 0 aromatic carbocycles. The third kappa shape index (κ3) is 3.65. The molecule has 0 aromatic rings. The van der Waals surface area contributed by atoms with E-state index in [4.69, 9.17) is 9.84 Å². The van der Waals surface area contributed by atoms with Crippen LogP contribution in [-0.2, 0) is 14.3 Å². The van der Waals surface area contributed by atoms with Gasteiger partial charge in [-0.15, -0.1) is 0 Å². The lowest BCUT2D eigenvalue weighted by molar-refractivity contribution is -0.147. The molecule has 2 rings (SSSR count). The number of carboxylic acids is 1. The SMILES string of the molecule is COC(=O)C1CCN(C(=O)N2CCCC(C(=O)O)C2)CC1. The first kappa shape index (κ1) is 15.6. The van der Waals surface area contributed by atoms with Gasteiger partial charge in [-0.1, -0.05) is 0 Å². The van der Waals surface area contributed by atoms with Crippen molar-refractivity contribution in [2.24, 2.45) is 11.8 Å². The van der Waals surface area contributed by atoms with Gasteiger partial charge in [0.05, 0.1) is 18.9 Å². The van der Waals surface area contributed by atoms with E-state index in [0.29, 0.717) is 38.9 Å². The molecule has 118 valence electrons. The quantitative estimate of drug-likeness (QED) is 0.762. The molecule has 0 radical (unpaired) electrons. The second-order valence-corrected chi connectivity index (χ2v) is 5.69. The summed E-state index contributed by atoms with van der Waals surface area (Å²) in [5.41, 5.74) is 0. The molecule has 2 aliphatic rings. The van der Waals surface area contributed by atoms with Gasteiger partial charge in [0, 0.05) is 26.2 Å². The van der Waals surface area contributed by atoms with Crippen molar-refractivity contribution in [1.29, 1.82) is 0 Å². The fraction of sp³-hybridized carbons (Fsp3) is 0.786. The maximum absolute atomic E-state index is 12.4. The number of amides is 2. The van der Waals surface area contributed by atoms with E-state index in [2.05, 4.69) is 0 Å². The van der Waals surface area contributed by atoms with Crippen molar-refractivity contribution in [2.75, 3.05) is 33.3 Å². The van der Waals surface area contributed by atoms with Gasteiger partial charge in [-0.25, -0.2) is 4.79 Å². The molecule has 0 bridgehead atoms. The molecule has 0 aliphatic carbocycles. The average Bonchev–Trinajstić information content (AvgIpc) is 2.53. The van der Waals surface area contributed by atoms with Crippen molar-refractivity contribution in [3.05, 3.63) is 0 Å². The van der Waals surface area contributed by atoms with Crippen LogP contribution in [-0.4, -0.2) is 66.2 Å². The van der Waals surface area contributed by atoms with Crippen molar-refractivity contribution in [2.45, 2.75) is 25.7 Å². The molecule has 7 nitrogen and oxygen atoms in total. The van der Waals surface area contributed by atoms with Crippen molar-refractivity contribution >= 4 is 18.0 Å².